The van der Waals surface area contributed by atoms with Crippen LogP contribution in [0.1, 0.15) is 26.7 Å². The van der Waals surface area contributed by atoms with Crippen LogP contribution in [0, 0.1) is 0 Å². The van der Waals surface area contributed by atoms with Gasteiger partial charge in [-0.3, -0.25) is 4.90 Å². The number of aliphatic hydroxyl groups excluding tert-OH is 1. The molecule has 0 heterocycles. The summed E-state index contributed by atoms with van der Waals surface area (Å²) in [6, 6.07) is 0. The number of hydrogen-bond acceptors (Lipinski definition) is 3. The van der Waals surface area contributed by atoms with Crippen LogP contribution in [0.4, 0.5) is 13.2 Å². The van der Waals surface area contributed by atoms with E-state index < -0.39 is 18.3 Å². The highest BCUT2D eigenvalue weighted by Gasteiger charge is 2.30. The quantitative estimate of drug-likeness (QED) is 0.708. The summed E-state index contributed by atoms with van der Waals surface area (Å²) in [4.78, 5) is 1.33. The van der Waals surface area contributed by atoms with E-state index in [4.69, 9.17) is 10.8 Å². The highest BCUT2D eigenvalue weighted by atomic mass is 19.4. The third-order valence-corrected chi connectivity index (χ3v) is 2.43. The fraction of sp³-hybridized carbons (Fsp3) is 1.00. The molecule has 0 aromatic carbocycles. The van der Waals surface area contributed by atoms with Gasteiger partial charge in [-0.1, -0.05) is 6.92 Å². The zero-order valence-electron chi connectivity index (χ0n) is 9.85. The van der Waals surface area contributed by atoms with Gasteiger partial charge in [-0.15, -0.1) is 0 Å². The van der Waals surface area contributed by atoms with Gasteiger partial charge in [0.1, 0.15) is 0 Å². The Kier molecular flexibility index (Phi) is 6.28. The Morgan fingerprint density at radius 1 is 1.31 bits per heavy atom. The first-order chi connectivity index (χ1) is 7.20. The zero-order chi connectivity index (χ0) is 12.8. The van der Waals surface area contributed by atoms with Gasteiger partial charge in [-0.25, -0.2) is 0 Å². The molecule has 0 saturated carbocycles. The maximum atomic E-state index is 12.1. The van der Waals surface area contributed by atoms with Crippen molar-refractivity contribution < 1.29 is 18.3 Å². The van der Waals surface area contributed by atoms with Crippen LogP contribution >= 0.6 is 0 Å². The van der Waals surface area contributed by atoms with Crippen LogP contribution in [0.2, 0.25) is 0 Å². The van der Waals surface area contributed by atoms with Crippen LogP contribution in [-0.2, 0) is 0 Å². The van der Waals surface area contributed by atoms with Gasteiger partial charge in [0.2, 0.25) is 0 Å². The lowest BCUT2D eigenvalue weighted by molar-refractivity contribution is -0.145. The molecule has 1 unspecified atom stereocenters. The molecule has 3 nitrogen and oxygen atoms in total. The molecule has 98 valence electrons. The minimum Gasteiger partial charge on any atom is -0.394 e. The first kappa shape index (κ1) is 15.7. The molecule has 0 aliphatic rings. The number of rotatable bonds is 7. The molecule has 0 bridgehead atoms. The van der Waals surface area contributed by atoms with Gasteiger partial charge in [-0.2, -0.15) is 13.2 Å². The number of nitrogens with two attached hydrogens (primary N) is 1. The Bertz CT molecular complexity index is 195. The van der Waals surface area contributed by atoms with Crippen LogP contribution in [0.3, 0.4) is 0 Å². The van der Waals surface area contributed by atoms with Gasteiger partial charge < -0.3 is 10.8 Å². The Balaban J connectivity index is 3.89. The summed E-state index contributed by atoms with van der Waals surface area (Å²) in [5, 5.41) is 8.88. The van der Waals surface area contributed by atoms with Crippen molar-refractivity contribution in [2.75, 3.05) is 26.2 Å². The van der Waals surface area contributed by atoms with Gasteiger partial charge >= 0.3 is 6.18 Å². The SMILES string of the molecule is CCN(CCCC(C)(N)CO)CC(F)(F)F. The van der Waals surface area contributed by atoms with E-state index in [0.717, 1.165) is 0 Å². The summed E-state index contributed by atoms with van der Waals surface area (Å²) in [6.45, 7) is 3.05. The standard InChI is InChI=1S/C10H21F3N2O/c1-3-15(7-10(11,12)13)6-4-5-9(2,14)8-16/h16H,3-8,14H2,1-2H3. The molecule has 0 aromatic rings. The Labute approximate surface area is 94.4 Å². The number of hydrogen-bond donors (Lipinski definition) is 2. The molecule has 16 heavy (non-hydrogen) atoms. The average molecular weight is 242 g/mol. The number of aliphatic hydroxyl groups is 1. The first-order valence-electron chi connectivity index (χ1n) is 5.39. The van der Waals surface area contributed by atoms with Crippen molar-refractivity contribution >= 4 is 0 Å². The fourth-order valence-electron chi connectivity index (χ4n) is 1.39. The van der Waals surface area contributed by atoms with Gasteiger partial charge in [-0.05, 0) is 32.9 Å². The van der Waals surface area contributed by atoms with Crippen LogP contribution in [-0.4, -0.2) is 48.0 Å². The van der Waals surface area contributed by atoms with E-state index in [1.165, 1.54) is 4.90 Å². The Hall–Kier alpha value is -0.330. The second-order valence-corrected chi connectivity index (χ2v) is 4.40. The Morgan fingerprint density at radius 3 is 2.25 bits per heavy atom. The molecule has 0 spiro atoms. The molecule has 3 N–H and O–H groups in total. The molecule has 0 aliphatic heterocycles. The second-order valence-electron chi connectivity index (χ2n) is 4.40. The van der Waals surface area contributed by atoms with Gasteiger partial charge in [0.25, 0.3) is 0 Å². The maximum absolute atomic E-state index is 12.1. The normalized spacial score (nSPS) is 16.5. The summed E-state index contributed by atoms with van der Waals surface area (Å²) in [5.41, 5.74) is 4.98. The van der Waals surface area contributed by atoms with Crippen molar-refractivity contribution in [1.82, 2.24) is 4.90 Å². The molecule has 6 heteroatoms. The molecule has 0 saturated heterocycles. The van der Waals surface area contributed by atoms with Gasteiger partial charge in [0.15, 0.2) is 0 Å². The highest BCUT2D eigenvalue weighted by molar-refractivity contribution is 4.77. The molecular formula is C10H21F3N2O. The number of halogens is 3. The van der Waals surface area contributed by atoms with Crippen molar-refractivity contribution in [3.8, 4) is 0 Å². The largest absolute Gasteiger partial charge is 0.401 e. The molecule has 0 radical (unpaired) electrons. The molecule has 0 rings (SSSR count). The van der Waals surface area contributed by atoms with E-state index in [0.29, 0.717) is 25.9 Å². The second kappa shape index (κ2) is 6.42. The minimum absolute atomic E-state index is 0.154. The minimum atomic E-state index is -4.15. The predicted molar refractivity (Wildman–Crippen MR) is 57.1 cm³/mol. The highest BCUT2D eigenvalue weighted by Crippen LogP contribution is 2.17. The molecular weight excluding hydrogens is 221 g/mol. The van der Waals surface area contributed by atoms with Crippen molar-refractivity contribution in [3.63, 3.8) is 0 Å². The van der Waals surface area contributed by atoms with Crippen molar-refractivity contribution in [3.05, 3.63) is 0 Å². The van der Waals surface area contributed by atoms with Crippen LogP contribution in [0.5, 0.6) is 0 Å². The third-order valence-electron chi connectivity index (χ3n) is 2.43. The number of alkyl halides is 3. The van der Waals surface area contributed by atoms with Crippen LogP contribution in [0.25, 0.3) is 0 Å². The smallest absolute Gasteiger partial charge is 0.394 e. The van der Waals surface area contributed by atoms with Crippen LogP contribution in [0.15, 0.2) is 0 Å². The van der Waals surface area contributed by atoms with Crippen LogP contribution < -0.4 is 5.73 Å². The lowest BCUT2D eigenvalue weighted by Crippen LogP contribution is -2.41. The molecule has 0 fully saturated rings. The zero-order valence-corrected chi connectivity index (χ0v) is 9.85. The summed E-state index contributed by atoms with van der Waals surface area (Å²) in [6.07, 6.45) is -3.09. The third kappa shape index (κ3) is 7.90. The van der Waals surface area contributed by atoms with E-state index in [9.17, 15) is 13.2 Å². The van der Waals surface area contributed by atoms with E-state index >= 15 is 0 Å². The monoisotopic (exact) mass is 242 g/mol. The van der Waals surface area contributed by atoms with Gasteiger partial charge in [0, 0.05) is 5.54 Å². The lowest BCUT2D eigenvalue weighted by atomic mass is 9.98. The topological polar surface area (TPSA) is 49.5 Å². The molecule has 0 amide bonds. The fourth-order valence-corrected chi connectivity index (χ4v) is 1.39. The van der Waals surface area contributed by atoms with E-state index in [1.807, 2.05) is 0 Å². The molecule has 0 aromatic heterocycles. The summed E-state index contributed by atoms with van der Waals surface area (Å²) < 4.78 is 36.3. The molecule has 0 aliphatic carbocycles. The average Bonchev–Trinajstić information content (AvgIpc) is 2.14. The maximum Gasteiger partial charge on any atom is 0.401 e. The summed E-state index contributed by atoms with van der Waals surface area (Å²) in [5.74, 6) is 0. The summed E-state index contributed by atoms with van der Waals surface area (Å²) in [7, 11) is 0. The first-order valence-corrected chi connectivity index (χ1v) is 5.39. The van der Waals surface area contributed by atoms with Crippen molar-refractivity contribution in [1.29, 1.82) is 0 Å². The van der Waals surface area contributed by atoms with E-state index in [1.54, 1.807) is 13.8 Å². The van der Waals surface area contributed by atoms with Crippen molar-refractivity contribution in [2.24, 2.45) is 5.73 Å². The number of nitrogens with zero attached hydrogens (tertiary/aromatic N) is 1. The van der Waals surface area contributed by atoms with Crippen molar-refractivity contribution in [2.45, 2.75) is 38.4 Å². The molecule has 1 atom stereocenters. The predicted octanol–water partition coefficient (Wildman–Crippen LogP) is 1.36. The Morgan fingerprint density at radius 2 is 1.88 bits per heavy atom. The lowest BCUT2D eigenvalue weighted by Gasteiger charge is -2.25. The van der Waals surface area contributed by atoms with Gasteiger partial charge in [0.05, 0.1) is 13.2 Å². The van der Waals surface area contributed by atoms with E-state index in [2.05, 4.69) is 0 Å². The summed E-state index contributed by atoms with van der Waals surface area (Å²) >= 11 is 0. The van der Waals surface area contributed by atoms with E-state index in [-0.39, 0.29) is 6.61 Å².